The van der Waals surface area contributed by atoms with Crippen LogP contribution in [0, 0.1) is 0 Å². The molecule has 0 saturated carbocycles. The minimum absolute atomic E-state index is 1.01. The summed E-state index contributed by atoms with van der Waals surface area (Å²) in [4.78, 5) is 5.06. The summed E-state index contributed by atoms with van der Waals surface area (Å²) in [5.41, 5.74) is 15.4. The van der Waals surface area contributed by atoms with E-state index in [-0.39, 0.29) is 0 Å². The van der Waals surface area contributed by atoms with Crippen LogP contribution < -0.4 is 0 Å². The van der Waals surface area contributed by atoms with E-state index < -0.39 is 0 Å². The smallest absolute Gasteiger partial charge is 0.0792 e. The van der Waals surface area contributed by atoms with Crippen LogP contribution in [0.5, 0.6) is 0 Å². The Balaban J connectivity index is 1.15. The summed E-state index contributed by atoms with van der Waals surface area (Å²) in [6.07, 6.45) is 1.92. The van der Waals surface area contributed by atoms with Crippen molar-refractivity contribution in [1.29, 1.82) is 0 Å². The van der Waals surface area contributed by atoms with Gasteiger partial charge in [0, 0.05) is 17.1 Å². The van der Waals surface area contributed by atoms with Gasteiger partial charge in [0.15, 0.2) is 0 Å². The molecule has 1 heteroatoms. The molecule has 0 amide bonds. The molecule has 9 aromatic rings. The van der Waals surface area contributed by atoms with Crippen molar-refractivity contribution in [3.05, 3.63) is 200 Å². The van der Waals surface area contributed by atoms with Crippen LogP contribution in [0.25, 0.3) is 88.4 Å². The summed E-state index contributed by atoms with van der Waals surface area (Å²) in [6, 6.07) is 69.7. The van der Waals surface area contributed by atoms with E-state index >= 15 is 0 Å². The molecule has 0 aliphatic heterocycles. The van der Waals surface area contributed by atoms with Gasteiger partial charge in [0.25, 0.3) is 0 Å². The molecule has 0 unspecified atom stereocenters. The van der Waals surface area contributed by atoms with Crippen molar-refractivity contribution in [3.63, 3.8) is 0 Å². The maximum Gasteiger partial charge on any atom is 0.0792 e. The quantitative estimate of drug-likeness (QED) is 0.166. The molecule has 1 heterocycles. The lowest BCUT2D eigenvalue weighted by Crippen LogP contribution is -1.93. The second kappa shape index (κ2) is 12.8. The molecule has 234 valence electrons. The second-order valence-corrected chi connectivity index (χ2v) is 12.7. The molecule has 0 aliphatic rings. The zero-order valence-electron chi connectivity index (χ0n) is 27.5. The third kappa shape index (κ3) is 5.45. The van der Waals surface area contributed by atoms with E-state index in [1.807, 2.05) is 6.20 Å². The van der Waals surface area contributed by atoms with Crippen molar-refractivity contribution >= 4 is 21.7 Å². The van der Waals surface area contributed by atoms with E-state index in [0.29, 0.717) is 0 Å². The molecule has 9 rings (SSSR count). The van der Waals surface area contributed by atoms with Crippen molar-refractivity contribution in [2.75, 3.05) is 0 Å². The van der Waals surface area contributed by atoms with Crippen LogP contribution in [0.3, 0.4) is 0 Å². The molecule has 0 spiro atoms. The van der Waals surface area contributed by atoms with E-state index in [4.69, 9.17) is 4.98 Å². The number of aromatic nitrogens is 1. The zero-order chi connectivity index (χ0) is 33.3. The Kier molecular flexibility index (Phi) is 7.57. The first-order chi connectivity index (χ1) is 24.8. The van der Waals surface area contributed by atoms with Gasteiger partial charge in [-0.25, -0.2) is 0 Å². The van der Waals surface area contributed by atoms with E-state index in [9.17, 15) is 0 Å². The lowest BCUT2D eigenvalue weighted by Gasteiger charge is -2.18. The van der Waals surface area contributed by atoms with Gasteiger partial charge >= 0.3 is 0 Å². The van der Waals surface area contributed by atoms with E-state index in [1.165, 1.54) is 66.4 Å². The monoisotopic (exact) mass is 635 g/mol. The number of hydrogen-bond acceptors (Lipinski definition) is 1. The van der Waals surface area contributed by atoms with Crippen molar-refractivity contribution in [1.82, 2.24) is 4.98 Å². The molecule has 0 aliphatic carbocycles. The number of rotatable bonds is 6. The van der Waals surface area contributed by atoms with Gasteiger partial charge < -0.3 is 0 Å². The van der Waals surface area contributed by atoms with Gasteiger partial charge in [-0.05, 0) is 90.2 Å². The van der Waals surface area contributed by atoms with Crippen LogP contribution in [-0.2, 0) is 0 Å². The summed E-state index contributed by atoms with van der Waals surface area (Å²) in [5, 5.41) is 3.57. The van der Waals surface area contributed by atoms with Crippen molar-refractivity contribution < 1.29 is 0 Å². The first kappa shape index (κ1) is 29.6. The SMILES string of the molecule is c1ccc(-c2ccc(-c3cccc(-c4c5ccccc5c(-c5cccc(-c6ccc(-c7ccccc7)cc6)c5)c5ncccc45)c3)cc2)cc1. The highest BCUT2D eigenvalue weighted by Gasteiger charge is 2.18. The number of hydrogen-bond donors (Lipinski definition) is 0. The Bertz CT molecular complexity index is 2360. The van der Waals surface area contributed by atoms with Crippen molar-refractivity contribution in [3.8, 4) is 66.8 Å². The zero-order valence-corrected chi connectivity index (χ0v) is 27.5. The standard InChI is InChI=1S/C49H33N/c1-3-12-34(13-4-1)36-23-27-38(28-24-36)40-16-9-18-42(32-40)47-44-20-7-8-21-45(44)48(49-46(47)22-11-31-50-49)43-19-10-17-41(33-43)39-29-25-37(26-30-39)35-14-5-2-6-15-35/h1-33H. The molecule has 0 fully saturated rings. The normalized spacial score (nSPS) is 11.2. The predicted octanol–water partition coefficient (Wildman–Crippen LogP) is 13.4. The summed E-state index contributed by atoms with van der Waals surface area (Å²) < 4.78 is 0. The van der Waals surface area contributed by atoms with E-state index in [1.54, 1.807) is 0 Å². The van der Waals surface area contributed by atoms with Crippen LogP contribution in [-0.4, -0.2) is 4.98 Å². The highest BCUT2D eigenvalue weighted by Crippen LogP contribution is 2.44. The molecular formula is C49H33N. The fourth-order valence-corrected chi connectivity index (χ4v) is 7.28. The molecule has 0 N–H and O–H groups in total. The topological polar surface area (TPSA) is 12.9 Å². The minimum Gasteiger partial charge on any atom is -0.256 e. The summed E-state index contributed by atoms with van der Waals surface area (Å²) in [7, 11) is 0. The van der Waals surface area contributed by atoms with Gasteiger partial charge in [-0.15, -0.1) is 0 Å². The number of benzene rings is 8. The van der Waals surface area contributed by atoms with Crippen molar-refractivity contribution in [2.45, 2.75) is 0 Å². The summed E-state index contributed by atoms with van der Waals surface area (Å²) >= 11 is 0. The van der Waals surface area contributed by atoms with Gasteiger partial charge in [-0.1, -0.05) is 176 Å². The molecule has 1 aromatic heterocycles. The van der Waals surface area contributed by atoms with Gasteiger partial charge in [0.1, 0.15) is 0 Å². The second-order valence-electron chi connectivity index (χ2n) is 12.7. The molecule has 1 nitrogen and oxygen atoms in total. The van der Waals surface area contributed by atoms with E-state index in [0.717, 1.165) is 22.0 Å². The molecule has 0 bridgehead atoms. The Labute approximate surface area is 292 Å². The Morgan fingerprint density at radius 3 is 1.12 bits per heavy atom. The fraction of sp³-hybridized carbons (Fsp3) is 0. The van der Waals surface area contributed by atoms with Crippen LogP contribution in [0.15, 0.2) is 200 Å². The lowest BCUT2D eigenvalue weighted by molar-refractivity contribution is 1.42. The number of fused-ring (bicyclic) bond motifs is 2. The highest BCUT2D eigenvalue weighted by molar-refractivity contribution is 6.20. The van der Waals surface area contributed by atoms with Crippen LogP contribution >= 0.6 is 0 Å². The van der Waals surface area contributed by atoms with Gasteiger partial charge in [0.05, 0.1) is 5.52 Å². The first-order valence-electron chi connectivity index (χ1n) is 17.1. The van der Waals surface area contributed by atoms with Gasteiger partial charge in [-0.3, -0.25) is 4.98 Å². The molecule has 0 radical (unpaired) electrons. The van der Waals surface area contributed by atoms with Crippen LogP contribution in [0.2, 0.25) is 0 Å². The Morgan fingerprint density at radius 2 is 0.600 bits per heavy atom. The predicted molar refractivity (Wildman–Crippen MR) is 212 cm³/mol. The largest absolute Gasteiger partial charge is 0.256 e. The van der Waals surface area contributed by atoms with Crippen LogP contribution in [0.4, 0.5) is 0 Å². The molecule has 8 aromatic carbocycles. The molecule has 0 atom stereocenters. The third-order valence-electron chi connectivity index (χ3n) is 9.73. The Morgan fingerprint density at radius 1 is 0.240 bits per heavy atom. The third-order valence-corrected chi connectivity index (χ3v) is 9.73. The average molecular weight is 636 g/mol. The lowest BCUT2D eigenvalue weighted by atomic mass is 9.86. The number of pyridine rings is 1. The fourth-order valence-electron chi connectivity index (χ4n) is 7.28. The molecular weight excluding hydrogens is 603 g/mol. The molecule has 0 saturated heterocycles. The molecule has 50 heavy (non-hydrogen) atoms. The first-order valence-corrected chi connectivity index (χ1v) is 17.1. The summed E-state index contributed by atoms with van der Waals surface area (Å²) in [5.74, 6) is 0. The van der Waals surface area contributed by atoms with Crippen LogP contribution in [0.1, 0.15) is 0 Å². The maximum atomic E-state index is 5.06. The Hall–Kier alpha value is -6.57. The minimum atomic E-state index is 1.01. The average Bonchev–Trinajstić information content (AvgIpc) is 3.21. The maximum absolute atomic E-state index is 5.06. The number of nitrogens with zero attached hydrogens (tertiary/aromatic N) is 1. The van der Waals surface area contributed by atoms with Crippen molar-refractivity contribution in [2.24, 2.45) is 0 Å². The summed E-state index contributed by atoms with van der Waals surface area (Å²) in [6.45, 7) is 0. The van der Waals surface area contributed by atoms with Gasteiger partial charge in [-0.2, -0.15) is 0 Å². The highest BCUT2D eigenvalue weighted by atomic mass is 14.7. The van der Waals surface area contributed by atoms with Gasteiger partial charge in [0.2, 0.25) is 0 Å². The van der Waals surface area contributed by atoms with E-state index in [2.05, 4.69) is 194 Å².